The van der Waals surface area contributed by atoms with Crippen LogP contribution in [0.1, 0.15) is 37.3 Å². The van der Waals surface area contributed by atoms with Gasteiger partial charge in [0.25, 0.3) is 0 Å². The quantitative estimate of drug-likeness (QED) is 0.625. The first-order valence-corrected chi connectivity index (χ1v) is 6.80. The molecule has 0 bridgehead atoms. The van der Waals surface area contributed by atoms with Gasteiger partial charge in [-0.3, -0.25) is 11.3 Å². The normalized spacial score (nSPS) is 21.5. The number of thiophene rings is 1. The zero-order valence-corrected chi connectivity index (χ0v) is 10.9. The van der Waals surface area contributed by atoms with Gasteiger partial charge in [0.05, 0.1) is 6.04 Å². The van der Waals surface area contributed by atoms with Gasteiger partial charge in [-0.15, -0.1) is 0 Å². The van der Waals surface area contributed by atoms with Crippen molar-refractivity contribution in [2.45, 2.75) is 37.3 Å². The Morgan fingerprint density at radius 2 is 2.12 bits per heavy atom. The fraction of sp³-hybridized carbons (Fsp3) is 0.667. The molecule has 0 aromatic carbocycles. The first kappa shape index (κ1) is 12.0. The summed E-state index contributed by atoms with van der Waals surface area (Å²) in [5, 5.41) is 4.33. The minimum absolute atomic E-state index is 0.190. The molecule has 1 aliphatic carbocycles. The maximum atomic E-state index is 5.79. The van der Waals surface area contributed by atoms with Gasteiger partial charge in [-0.05, 0) is 49.3 Å². The van der Waals surface area contributed by atoms with Crippen molar-refractivity contribution in [1.82, 2.24) is 10.3 Å². The zero-order chi connectivity index (χ0) is 11.6. The molecule has 0 amide bonds. The third kappa shape index (κ3) is 1.91. The smallest absolute Gasteiger partial charge is 0.0651 e. The van der Waals surface area contributed by atoms with Crippen molar-refractivity contribution in [2.75, 3.05) is 14.1 Å². The molecule has 1 atom stereocenters. The van der Waals surface area contributed by atoms with E-state index in [0.29, 0.717) is 0 Å². The lowest BCUT2D eigenvalue weighted by atomic mass is 9.84. The lowest BCUT2D eigenvalue weighted by Crippen LogP contribution is -2.53. The minimum atomic E-state index is 0.190. The van der Waals surface area contributed by atoms with E-state index in [1.807, 2.05) is 0 Å². The minimum Gasteiger partial charge on any atom is -0.302 e. The van der Waals surface area contributed by atoms with Gasteiger partial charge < -0.3 is 4.90 Å². The highest BCUT2D eigenvalue weighted by Crippen LogP contribution is 2.43. The molecule has 3 N–H and O–H groups in total. The summed E-state index contributed by atoms with van der Waals surface area (Å²) in [4.78, 5) is 2.35. The summed E-state index contributed by atoms with van der Waals surface area (Å²) >= 11 is 1.74. The van der Waals surface area contributed by atoms with E-state index >= 15 is 0 Å². The van der Waals surface area contributed by atoms with Crippen molar-refractivity contribution in [3.05, 3.63) is 22.4 Å². The summed E-state index contributed by atoms with van der Waals surface area (Å²) in [7, 11) is 4.34. The number of hydrazine groups is 1. The molecule has 1 aliphatic rings. The van der Waals surface area contributed by atoms with E-state index in [4.69, 9.17) is 5.84 Å². The summed E-state index contributed by atoms with van der Waals surface area (Å²) in [6.07, 6.45) is 5.07. The molecule has 1 aromatic rings. The van der Waals surface area contributed by atoms with Gasteiger partial charge in [-0.1, -0.05) is 12.8 Å². The second-order valence-electron chi connectivity index (χ2n) is 4.86. The third-order valence-electron chi connectivity index (χ3n) is 3.94. The molecule has 16 heavy (non-hydrogen) atoms. The molecule has 1 fully saturated rings. The molecule has 2 rings (SSSR count). The molecule has 0 saturated heterocycles. The number of hydrogen-bond donors (Lipinski definition) is 2. The second-order valence-corrected chi connectivity index (χ2v) is 5.64. The van der Waals surface area contributed by atoms with Crippen LogP contribution < -0.4 is 11.3 Å². The van der Waals surface area contributed by atoms with E-state index in [1.54, 1.807) is 11.3 Å². The third-order valence-corrected chi connectivity index (χ3v) is 4.64. The first-order valence-electron chi connectivity index (χ1n) is 5.86. The number of nitrogens with zero attached hydrogens (tertiary/aromatic N) is 1. The Kier molecular flexibility index (Phi) is 3.64. The van der Waals surface area contributed by atoms with Gasteiger partial charge >= 0.3 is 0 Å². The van der Waals surface area contributed by atoms with Crippen molar-refractivity contribution in [3.63, 3.8) is 0 Å². The van der Waals surface area contributed by atoms with E-state index in [2.05, 4.69) is 41.2 Å². The molecular formula is C12H21N3S. The van der Waals surface area contributed by atoms with Crippen LogP contribution in [0.15, 0.2) is 16.8 Å². The molecule has 0 radical (unpaired) electrons. The Morgan fingerprint density at radius 3 is 2.56 bits per heavy atom. The fourth-order valence-electron chi connectivity index (χ4n) is 2.98. The van der Waals surface area contributed by atoms with Crippen LogP contribution in [0.5, 0.6) is 0 Å². The topological polar surface area (TPSA) is 41.3 Å². The van der Waals surface area contributed by atoms with Gasteiger partial charge in [-0.25, -0.2) is 0 Å². The first-order chi connectivity index (χ1) is 7.70. The molecular weight excluding hydrogens is 218 g/mol. The van der Waals surface area contributed by atoms with E-state index in [-0.39, 0.29) is 11.6 Å². The number of hydrogen-bond acceptors (Lipinski definition) is 4. The Hall–Kier alpha value is -0.420. The predicted molar refractivity (Wildman–Crippen MR) is 69.3 cm³/mol. The van der Waals surface area contributed by atoms with Crippen LogP contribution in [0.25, 0.3) is 0 Å². The Labute approximate surface area is 102 Å². The lowest BCUT2D eigenvalue weighted by Gasteiger charge is -2.42. The Morgan fingerprint density at radius 1 is 1.44 bits per heavy atom. The maximum absolute atomic E-state index is 5.79. The monoisotopic (exact) mass is 239 g/mol. The average Bonchev–Trinajstić information content (AvgIpc) is 2.89. The molecule has 1 unspecified atom stereocenters. The van der Waals surface area contributed by atoms with Crippen LogP contribution in [-0.4, -0.2) is 24.5 Å². The molecule has 90 valence electrons. The molecule has 3 nitrogen and oxygen atoms in total. The predicted octanol–water partition coefficient (Wildman–Crippen LogP) is 2.13. The molecule has 0 spiro atoms. The molecule has 4 heteroatoms. The summed E-state index contributed by atoms with van der Waals surface area (Å²) in [5.41, 5.74) is 4.55. The molecule has 1 aromatic heterocycles. The van der Waals surface area contributed by atoms with Crippen molar-refractivity contribution in [3.8, 4) is 0 Å². The Bertz CT molecular complexity index is 315. The maximum Gasteiger partial charge on any atom is 0.0651 e. The van der Waals surface area contributed by atoms with Crippen molar-refractivity contribution >= 4 is 11.3 Å². The van der Waals surface area contributed by atoms with Gasteiger partial charge in [0.2, 0.25) is 0 Å². The van der Waals surface area contributed by atoms with E-state index in [1.165, 1.54) is 31.2 Å². The van der Waals surface area contributed by atoms with Gasteiger partial charge in [0, 0.05) is 5.54 Å². The van der Waals surface area contributed by atoms with Crippen LogP contribution >= 0.6 is 11.3 Å². The highest BCUT2D eigenvalue weighted by Gasteiger charge is 2.43. The number of nitrogens with one attached hydrogen (secondary N) is 1. The number of likely N-dealkylation sites (N-methyl/N-ethyl adjacent to an activating group) is 1. The lowest BCUT2D eigenvalue weighted by molar-refractivity contribution is 0.105. The van der Waals surface area contributed by atoms with Crippen LogP contribution in [0, 0.1) is 0 Å². The summed E-state index contributed by atoms with van der Waals surface area (Å²) in [5.74, 6) is 5.79. The van der Waals surface area contributed by atoms with E-state index in [0.717, 1.165) is 0 Å². The fourth-order valence-corrected chi connectivity index (χ4v) is 3.67. The van der Waals surface area contributed by atoms with Gasteiger partial charge in [0.15, 0.2) is 0 Å². The summed E-state index contributed by atoms with van der Waals surface area (Å²) < 4.78 is 0. The SMILES string of the molecule is CN(C)C1(C(NN)c2ccsc2)CCCC1. The van der Waals surface area contributed by atoms with Gasteiger partial charge in [-0.2, -0.15) is 11.3 Å². The van der Waals surface area contributed by atoms with Crippen LogP contribution in [0.3, 0.4) is 0 Å². The summed E-state index contributed by atoms with van der Waals surface area (Å²) in [6, 6.07) is 2.43. The number of nitrogens with two attached hydrogens (primary N) is 1. The second kappa shape index (κ2) is 4.84. The van der Waals surface area contributed by atoms with Crippen molar-refractivity contribution in [2.24, 2.45) is 5.84 Å². The summed E-state index contributed by atoms with van der Waals surface area (Å²) in [6.45, 7) is 0. The van der Waals surface area contributed by atoms with E-state index < -0.39 is 0 Å². The van der Waals surface area contributed by atoms with Crippen molar-refractivity contribution in [1.29, 1.82) is 0 Å². The average molecular weight is 239 g/mol. The number of rotatable bonds is 4. The van der Waals surface area contributed by atoms with Crippen LogP contribution in [-0.2, 0) is 0 Å². The van der Waals surface area contributed by atoms with Crippen LogP contribution in [0.2, 0.25) is 0 Å². The van der Waals surface area contributed by atoms with E-state index in [9.17, 15) is 0 Å². The largest absolute Gasteiger partial charge is 0.302 e. The standard InChI is InChI=1S/C12H21N3S/c1-15(2)12(6-3-4-7-12)11(14-13)10-5-8-16-9-10/h5,8-9,11,14H,3-4,6-7,13H2,1-2H3. The zero-order valence-electron chi connectivity index (χ0n) is 10.1. The Balaban J connectivity index is 2.30. The highest BCUT2D eigenvalue weighted by atomic mass is 32.1. The van der Waals surface area contributed by atoms with Crippen molar-refractivity contribution < 1.29 is 0 Å². The molecule has 0 aliphatic heterocycles. The van der Waals surface area contributed by atoms with Gasteiger partial charge in [0.1, 0.15) is 0 Å². The van der Waals surface area contributed by atoms with Crippen LogP contribution in [0.4, 0.5) is 0 Å². The highest BCUT2D eigenvalue weighted by molar-refractivity contribution is 7.07. The molecule has 1 saturated carbocycles. The molecule has 1 heterocycles.